The fraction of sp³-hybridized carbons (Fsp3) is 0.0417. The zero-order valence-electron chi connectivity index (χ0n) is 16.4. The molecular formula is C24H14Cl2FN3O2. The smallest absolute Gasteiger partial charge is 0.266 e. The average molecular weight is 466 g/mol. The second-order valence-corrected chi connectivity index (χ2v) is 7.29. The number of anilines is 1. The maximum atomic E-state index is 13.8. The van der Waals surface area contributed by atoms with Gasteiger partial charge in [-0.25, -0.2) is 4.39 Å². The monoisotopic (exact) mass is 465 g/mol. The van der Waals surface area contributed by atoms with Crippen LogP contribution in [-0.2, 0) is 11.4 Å². The second kappa shape index (κ2) is 10.5. The summed E-state index contributed by atoms with van der Waals surface area (Å²) in [4.78, 5) is 12.4. The van der Waals surface area contributed by atoms with Crippen LogP contribution in [0.4, 0.5) is 10.1 Å². The third-order valence-corrected chi connectivity index (χ3v) is 4.89. The molecule has 0 aliphatic carbocycles. The van der Waals surface area contributed by atoms with E-state index in [-0.39, 0.29) is 33.7 Å². The lowest BCUT2D eigenvalue weighted by Crippen LogP contribution is -2.14. The Morgan fingerprint density at radius 3 is 2.38 bits per heavy atom. The molecule has 3 rings (SSSR count). The molecule has 0 aliphatic rings. The number of halogens is 3. The summed E-state index contributed by atoms with van der Waals surface area (Å²) in [5.41, 5.74) is 1.21. The molecule has 0 saturated heterocycles. The van der Waals surface area contributed by atoms with Crippen molar-refractivity contribution in [3.8, 4) is 17.9 Å². The van der Waals surface area contributed by atoms with Crippen molar-refractivity contribution < 1.29 is 13.9 Å². The number of nitrogens with zero attached hydrogens (tertiary/aromatic N) is 2. The summed E-state index contributed by atoms with van der Waals surface area (Å²) in [5, 5.41) is 21.2. The van der Waals surface area contributed by atoms with Crippen molar-refractivity contribution in [2.24, 2.45) is 0 Å². The molecule has 0 atom stereocenters. The minimum absolute atomic E-state index is 0.0453. The van der Waals surface area contributed by atoms with Crippen molar-refractivity contribution in [2.45, 2.75) is 6.61 Å². The van der Waals surface area contributed by atoms with E-state index in [1.165, 1.54) is 36.4 Å². The van der Waals surface area contributed by atoms with Gasteiger partial charge in [-0.3, -0.25) is 4.79 Å². The maximum absolute atomic E-state index is 13.8. The van der Waals surface area contributed by atoms with Crippen molar-refractivity contribution >= 4 is 40.9 Å². The van der Waals surface area contributed by atoms with E-state index in [0.29, 0.717) is 16.7 Å². The molecule has 0 unspecified atom stereocenters. The SMILES string of the molecule is N#C/C(=C/c1cc(Cl)c(OCc2ccccc2C#N)c(Cl)c1)C(=O)Nc1ccccc1F. The molecule has 0 heterocycles. The summed E-state index contributed by atoms with van der Waals surface area (Å²) < 4.78 is 19.5. The Labute approximate surface area is 193 Å². The van der Waals surface area contributed by atoms with Gasteiger partial charge in [0.25, 0.3) is 5.91 Å². The van der Waals surface area contributed by atoms with Gasteiger partial charge < -0.3 is 10.1 Å². The number of benzene rings is 3. The molecule has 158 valence electrons. The van der Waals surface area contributed by atoms with Crippen LogP contribution in [0.25, 0.3) is 6.08 Å². The molecule has 0 aliphatic heterocycles. The highest BCUT2D eigenvalue weighted by Gasteiger charge is 2.14. The van der Waals surface area contributed by atoms with E-state index in [9.17, 15) is 19.7 Å². The van der Waals surface area contributed by atoms with Crippen molar-refractivity contribution in [3.05, 3.63) is 98.8 Å². The Morgan fingerprint density at radius 1 is 1.06 bits per heavy atom. The van der Waals surface area contributed by atoms with Crippen LogP contribution >= 0.6 is 23.2 Å². The number of hydrogen-bond acceptors (Lipinski definition) is 4. The lowest BCUT2D eigenvalue weighted by Gasteiger charge is -2.12. The van der Waals surface area contributed by atoms with Crippen LogP contribution in [0.5, 0.6) is 5.75 Å². The first-order valence-electron chi connectivity index (χ1n) is 9.20. The van der Waals surface area contributed by atoms with Gasteiger partial charge in [-0.15, -0.1) is 0 Å². The van der Waals surface area contributed by atoms with Gasteiger partial charge in [0.1, 0.15) is 24.1 Å². The molecule has 8 heteroatoms. The molecule has 0 aromatic heterocycles. The number of para-hydroxylation sites is 1. The molecular weight excluding hydrogens is 452 g/mol. The predicted octanol–water partition coefficient (Wildman–Crippen LogP) is 6.13. The summed E-state index contributed by atoms with van der Waals surface area (Å²) in [6, 6.07) is 19.4. The first-order chi connectivity index (χ1) is 15.4. The average Bonchev–Trinajstić information content (AvgIpc) is 2.78. The predicted molar refractivity (Wildman–Crippen MR) is 121 cm³/mol. The lowest BCUT2D eigenvalue weighted by molar-refractivity contribution is -0.112. The molecule has 0 saturated carbocycles. The molecule has 0 radical (unpaired) electrons. The van der Waals surface area contributed by atoms with E-state index in [1.54, 1.807) is 36.4 Å². The van der Waals surface area contributed by atoms with Crippen molar-refractivity contribution in [1.29, 1.82) is 10.5 Å². The Hall–Kier alpha value is -3.84. The van der Waals surface area contributed by atoms with Gasteiger partial charge in [0, 0.05) is 5.56 Å². The van der Waals surface area contributed by atoms with Crippen LogP contribution in [0.2, 0.25) is 10.0 Å². The highest BCUT2D eigenvalue weighted by Crippen LogP contribution is 2.35. The van der Waals surface area contributed by atoms with Crippen LogP contribution in [0.1, 0.15) is 16.7 Å². The largest absolute Gasteiger partial charge is 0.486 e. The normalized spacial score (nSPS) is 10.7. The van der Waals surface area contributed by atoms with Crippen molar-refractivity contribution in [3.63, 3.8) is 0 Å². The fourth-order valence-electron chi connectivity index (χ4n) is 2.77. The Bertz CT molecular complexity index is 1270. The Morgan fingerprint density at radius 2 is 1.72 bits per heavy atom. The van der Waals surface area contributed by atoms with E-state index < -0.39 is 11.7 Å². The van der Waals surface area contributed by atoms with E-state index in [2.05, 4.69) is 11.4 Å². The number of nitrogens with one attached hydrogen (secondary N) is 1. The number of nitriles is 2. The second-order valence-electron chi connectivity index (χ2n) is 6.48. The maximum Gasteiger partial charge on any atom is 0.266 e. The fourth-order valence-corrected chi connectivity index (χ4v) is 3.39. The van der Waals surface area contributed by atoms with E-state index >= 15 is 0 Å². The van der Waals surface area contributed by atoms with Crippen LogP contribution in [0.15, 0.2) is 66.2 Å². The molecule has 0 fully saturated rings. The quantitative estimate of drug-likeness (QED) is 0.350. The molecule has 3 aromatic carbocycles. The highest BCUT2D eigenvalue weighted by molar-refractivity contribution is 6.37. The zero-order chi connectivity index (χ0) is 23.1. The number of carbonyl (C=O) groups is 1. The Kier molecular flexibility index (Phi) is 7.46. The summed E-state index contributed by atoms with van der Waals surface area (Å²) in [6.07, 6.45) is 1.28. The van der Waals surface area contributed by atoms with Crippen molar-refractivity contribution in [1.82, 2.24) is 0 Å². The third-order valence-electron chi connectivity index (χ3n) is 4.33. The van der Waals surface area contributed by atoms with E-state index in [4.69, 9.17) is 27.9 Å². The van der Waals surface area contributed by atoms with Gasteiger partial charge >= 0.3 is 0 Å². The lowest BCUT2D eigenvalue weighted by atomic mass is 10.1. The van der Waals surface area contributed by atoms with Gasteiger partial charge in [0.15, 0.2) is 5.75 Å². The molecule has 1 N–H and O–H groups in total. The summed E-state index contributed by atoms with van der Waals surface area (Å²) in [7, 11) is 0. The standard InChI is InChI=1S/C24H14Cl2FN3O2/c25-19-10-15(9-18(13-29)24(31)30-22-8-4-3-7-21(22)27)11-20(26)23(19)32-14-17-6-2-1-5-16(17)12-28/h1-11H,14H2,(H,30,31)/b18-9-. The van der Waals surface area contributed by atoms with Crippen LogP contribution in [-0.4, -0.2) is 5.91 Å². The number of carbonyl (C=O) groups excluding carboxylic acids is 1. The molecule has 1 amide bonds. The number of hydrogen-bond donors (Lipinski definition) is 1. The first-order valence-corrected chi connectivity index (χ1v) is 9.96. The van der Waals surface area contributed by atoms with Gasteiger partial charge in [-0.1, -0.05) is 53.5 Å². The summed E-state index contributed by atoms with van der Waals surface area (Å²) >= 11 is 12.6. The zero-order valence-corrected chi connectivity index (χ0v) is 17.9. The van der Waals surface area contributed by atoms with Gasteiger partial charge in [0.05, 0.1) is 27.4 Å². The van der Waals surface area contributed by atoms with Crippen LogP contribution < -0.4 is 10.1 Å². The molecule has 0 spiro atoms. The number of rotatable bonds is 6. The van der Waals surface area contributed by atoms with Crippen molar-refractivity contribution in [2.75, 3.05) is 5.32 Å². The molecule has 32 heavy (non-hydrogen) atoms. The third kappa shape index (κ3) is 5.44. The topological polar surface area (TPSA) is 85.9 Å². The highest BCUT2D eigenvalue weighted by atomic mass is 35.5. The number of ether oxygens (including phenoxy) is 1. The summed E-state index contributed by atoms with van der Waals surface area (Å²) in [5.74, 6) is -1.20. The number of amides is 1. The molecule has 5 nitrogen and oxygen atoms in total. The minimum atomic E-state index is -0.779. The molecule has 3 aromatic rings. The van der Waals surface area contributed by atoms with E-state index in [1.807, 2.05) is 0 Å². The minimum Gasteiger partial charge on any atom is -0.486 e. The van der Waals surface area contributed by atoms with Crippen LogP contribution in [0.3, 0.4) is 0 Å². The molecule has 0 bridgehead atoms. The van der Waals surface area contributed by atoms with Gasteiger partial charge in [-0.2, -0.15) is 10.5 Å². The van der Waals surface area contributed by atoms with Crippen LogP contribution in [0, 0.1) is 28.5 Å². The van der Waals surface area contributed by atoms with E-state index in [0.717, 1.165) is 0 Å². The van der Waals surface area contributed by atoms with Gasteiger partial charge in [0.2, 0.25) is 0 Å². The van der Waals surface area contributed by atoms with Gasteiger partial charge in [-0.05, 0) is 42.0 Å². The first kappa shape index (κ1) is 22.8. The summed E-state index contributed by atoms with van der Waals surface area (Å²) in [6.45, 7) is 0.0762. The Balaban J connectivity index is 1.80.